The molecule has 0 unspecified atom stereocenters. The molecule has 0 aromatic heterocycles. The van der Waals surface area contributed by atoms with Gasteiger partial charge in [0.05, 0.1) is 10.6 Å². The van der Waals surface area contributed by atoms with Crippen molar-refractivity contribution >= 4 is 21.2 Å². The second-order valence-electron chi connectivity index (χ2n) is 5.04. The van der Waals surface area contributed by atoms with Crippen molar-refractivity contribution in [3.05, 3.63) is 53.8 Å². The van der Waals surface area contributed by atoms with E-state index in [0.717, 1.165) is 0 Å². The third kappa shape index (κ3) is 3.48. The van der Waals surface area contributed by atoms with Crippen molar-refractivity contribution in [2.24, 2.45) is 5.11 Å². The fourth-order valence-corrected chi connectivity index (χ4v) is 3.52. The number of nitrogens with one attached hydrogen (secondary N) is 1. The van der Waals surface area contributed by atoms with Crippen LogP contribution in [0.15, 0.2) is 52.5 Å². The minimum absolute atomic E-state index is 0.00183. The van der Waals surface area contributed by atoms with Crippen LogP contribution in [0.1, 0.15) is 5.56 Å². The molecule has 22 heavy (non-hydrogen) atoms. The molecule has 0 radical (unpaired) electrons. The summed E-state index contributed by atoms with van der Waals surface area (Å²) in [5.41, 5.74) is 8.42. The summed E-state index contributed by atoms with van der Waals surface area (Å²) in [6.45, 7) is 0. The molecule has 0 saturated heterocycles. The first-order valence-electron chi connectivity index (χ1n) is 6.49. The molecule has 2 aromatic carbocycles. The highest BCUT2D eigenvalue weighted by Gasteiger charge is 2.20. The van der Waals surface area contributed by atoms with E-state index in [2.05, 4.69) is 5.11 Å². The Morgan fingerprint density at radius 1 is 1.14 bits per heavy atom. The molecule has 7 heteroatoms. The predicted molar refractivity (Wildman–Crippen MR) is 82.9 cm³/mol. The van der Waals surface area contributed by atoms with Crippen LogP contribution in [0.3, 0.4) is 0 Å². The lowest BCUT2D eigenvalue weighted by Crippen LogP contribution is -2.11. The Kier molecular flexibility index (Phi) is 4.56. The molecule has 0 amide bonds. The van der Waals surface area contributed by atoms with Gasteiger partial charge in [-0.3, -0.25) is 0 Å². The normalized spacial score (nSPS) is 11.2. The van der Waals surface area contributed by atoms with Crippen LogP contribution in [0, 0.1) is 11.3 Å². The van der Waals surface area contributed by atoms with Crippen LogP contribution < -0.4 is 4.90 Å². The number of hydrogen-bond acceptors (Lipinski definition) is 5. The second-order valence-corrected chi connectivity index (χ2v) is 7.00. The third-order valence-electron chi connectivity index (χ3n) is 3.19. The van der Waals surface area contributed by atoms with Crippen LogP contribution in [0.25, 0.3) is 0 Å². The van der Waals surface area contributed by atoms with Crippen molar-refractivity contribution in [2.75, 3.05) is 19.0 Å². The average molecular weight is 321 g/mol. The zero-order chi connectivity index (χ0) is 16.3. The van der Waals surface area contributed by atoms with E-state index in [1.165, 1.54) is 36.4 Å². The zero-order valence-electron chi connectivity index (χ0n) is 12.2. The van der Waals surface area contributed by atoms with E-state index in [4.69, 9.17) is 5.53 Å². The van der Waals surface area contributed by atoms with Crippen LogP contribution in [0.4, 0.5) is 15.8 Å². The number of halogens is 1. The first-order chi connectivity index (χ1) is 10.3. The van der Waals surface area contributed by atoms with Gasteiger partial charge in [0.15, 0.2) is 9.84 Å². The van der Waals surface area contributed by atoms with Gasteiger partial charge in [0, 0.05) is 19.8 Å². The molecule has 0 aliphatic heterocycles. The topological polar surface area (TPSA) is 73.6 Å². The van der Waals surface area contributed by atoms with Crippen molar-refractivity contribution < 1.29 is 12.8 Å². The van der Waals surface area contributed by atoms with Crippen LogP contribution >= 0.6 is 0 Å². The van der Waals surface area contributed by atoms with E-state index < -0.39 is 15.7 Å². The lowest BCUT2D eigenvalue weighted by atomic mass is 10.2. The first kappa shape index (κ1) is 16.1. The molecule has 1 N–H and O–H groups in total. The van der Waals surface area contributed by atoms with E-state index in [1.54, 1.807) is 25.1 Å². The van der Waals surface area contributed by atoms with Gasteiger partial charge in [0.1, 0.15) is 11.5 Å². The predicted octanol–water partition coefficient (Wildman–Crippen LogP) is 3.53. The standard InChI is InChI=1S/C15H16FN3O2S/c1-19(2)13-7-8-14(18-17)15(9-13)22(20,21)10-11-3-5-12(16)6-4-11/h3-9,17H,10H2,1-2H3. The molecular weight excluding hydrogens is 305 g/mol. The number of benzene rings is 2. The van der Waals surface area contributed by atoms with Gasteiger partial charge < -0.3 is 4.90 Å². The summed E-state index contributed by atoms with van der Waals surface area (Å²) in [7, 11) is -0.0981. The summed E-state index contributed by atoms with van der Waals surface area (Å²) in [5, 5.41) is 3.29. The van der Waals surface area contributed by atoms with Crippen molar-refractivity contribution in [3.8, 4) is 0 Å². The maximum Gasteiger partial charge on any atom is 0.184 e. The van der Waals surface area contributed by atoms with E-state index in [1.807, 2.05) is 0 Å². The van der Waals surface area contributed by atoms with Crippen molar-refractivity contribution in [1.82, 2.24) is 0 Å². The Morgan fingerprint density at radius 2 is 1.77 bits per heavy atom. The van der Waals surface area contributed by atoms with E-state index in [9.17, 15) is 12.8 Å². The number of sulfone groups is 1. The Bertz CT molecular complexity index is 787. The quantitative estimate of drug-likeness (QED) is 0.856. The van der Waals surface area contributed by atoms with Crippen LogP contribution in [-0.2, 0) is 15.6 Å². The van der Waals surface area contributed by atoms with Gasteiger partial charge >= 0.3 is 0 Å². The Hall–Kier alpha value is -2.28. The highest BCUT2D eigenvalue weighted by atomic mass is 32.2. The van der Waals surface area contributed by atoms with Gasteiger partial charge in [-0.05, 0) is 35.9 Å². The molecule has 116 valence electrons. The molecule has 0 aliphatic rings. The lowest BCUT2D eigenvalue weighted by Gasteiger charge is -2.15. The lowest BCUT2D eigenvalue weighted by molar-refractivity contribution is 0.595. The summed E-state index contributed by atoms with van der Waals surface area (Å²) < 4.78 is 38.1. The largest absolute Gasteiger partial charge is 0.378 e. The summed E-state index contributed by atoms with van der Waals surface area (Å²) in [4.78, 5) is 1.77. The number of hydrogen-bond donors (Lipinski definition) is 1. The first-order valence-corrected chi connectivity index (χ1v) is 8.15. The molecule has 2 aromatic rings. The molecule has 5 nitrogen and oxygen atoms in total. The van der Waals surface area contributed by atoms with Crippen molar-refractivity contribution in [3.63, 3.8) is 0 Å². The molecule has 0 saturated carbocycles. The molecule has 0 heterocycles. The smallest absolute Gasteiger partial charge is 0.184 e. The highest BCUT2D eigenvalue weighted by molar-refractivity contribution is 7.90. The Labute approximate surface area is 128 Å². The molecule has 0 bridgehead atoms. The Morgan fingerprint density at radius 3 is 2.32 bits per heavy atom. The van der Waals surface area contributed by atoms with Gasteiger partial charge in [-0.1, -0.05) is 12.1 Å². The summed E-state index contributed by atoms with van der Waals surface area (Å²) >= 11 is 0. The highest BCUT2D eigenvalue weighted by Crippen LogP contribution is 2.30. The molecule has 0 atom stereocenters. The third-order valence-corrected chi connectivity index (χ3v) is 4.90. The SMILES string of the molecule is CN(C)c1ccc(N=N)c(S(=O)(=O)Cc2ccc(F)cc2)c1. The van der Waals surface area contributed by atoms with Gasteiger partial charge in [-0.25, -0.2) is 18.3 Å². The number of rotatable bonds is 5. The van der Waals surface area contributed by atoms with Gasteiger partial charge in [-0.15, -0.1) is 0 Å². The molecule has 0 aliphatic carbocycles. The van der Waals surface area contributed by atoms with Crippen molar-refractivity contribution in [2.45, 2.75) is 10.6 Å². The van der Waals surface area contributed by atoms with E-state index >= 15 is 0 Å². The number of nitrogens with zero attached hydrogens (tertiary/aromatic N) is 2. The summed E-state index contributed by atoms with van der Waals surface area (Å²) in [6, 6.07) is 9.99. The minimum atomic E-state index is -3.69. The molecule has 2 rings (SSSR count). The van der Waals surface area contributed by atoms with E-state index in [0.29, 0.717) is 11.3 Å². The minimum Gasteiger partial charge on any atom is -0.378 e. The molecular formula is C15H16FN3O2S. The zero-order valence-corrected chi connectivity index (χ0v) is 13.1. The maximum atomic E-state index is 12.9. The monoisotopic (exact) mass is 321 g/mol. The van der Waals surface area contributed by atoms with Gasteiger partial charge in [-0.2, -0.15) is 5.11 Å². The molecule has 0 spiro atoms. The number of anilines is 1. The Balaban J connectivity index is 2.45. The molecule has 0 fully saturated rings. The average Bonchev–Trinajstić information content (AvgIpc) is 2.48. The summed E-state index contributed by atoms with van der Waals surface area (Å²) in [6.07, 6.45) is 0. The fraction of sp³-hybridized carbons (Fsp3) is 0.200. The van der Waals surface area contributed by atoms with Crippen LogP contribution in [-0.4, -0.2) is 22.5 Å². The van der Waals surface area contributed by atoms with Crippen molar-refractivity contribution in [1.29, 1.82) is 5.53 Å². The summed E-state index contributed by atoms with van der Waals surface area (Å²) in [5.74, 6) is -0.690. The van der Waals surface area contributed by atoms with Gasteiger partial charge in [0.25, 0.3) is 0 Å². The van der Waals surface area contributed by atoms with Gasteiger partial charge in [0.2, 0.25) is 0 Å². The van der Waals surface area contributed by atoms with Crippen LogP contribution in [0.5, 0.6) is 0 Å². The van der Waals surface area contributed by atoms with Crippen LogP contribution in [0.2, 0.25) is 0 Å². The fourth-order valence-electron chi connectivity index (χ4n) is 2.00. The van der Waals surface area contributed by atoms with E-state index in [-0.39, 0.29) is 16.3 Å². The second kappa shape index (κ2) is 6.23. The maximum absolute atomic E-state index is 12.9.